The summed E-state index contributed by atoms with van der Waals surface area (Å²) in [7, 11) is 3.35. The molecule has 174 valence electrons. The molecule has 1 aliphatic heterocycles. The molecule has 0 spiro atoms. The molecule has 0 bridgehead atoms. The molecule has 0 saturated heterocycles. The van der Waals surface area contributed by atoms with Gasteiger partial charge in [-0.1, -0.05) is 18.9 Å². The van der Waals surface area contributed by atoms with Crippen molar-refractivity contribution in [1.82, 2.24) is 4.90 Å². The summed E-state index contributed by atoms with van der Waals surface area (Å²) in [5, 5.41) is 2.70. The lowest BCUT2D eigenvalue weighted by Crippen LogP contribution is -2.36. The number of hydrogen-bond donors (Lipinski definition) is 1. The molecule has 0 aromatic heterocycles. The Morgan fingerprint density at radius 1 is 0.970 bits per heavy atom. The molecule has 0 atom stereocenters. The van der Waals surface area contributed by atoms with Gasteiger partial charge >= 0.3 is 5.97 Å². The normalized spacial score (nSPS) is 16.1. The quantitative estimate of drug-likeness (QED) is 0.677. The van der Waals surface area contributed by atoms with Crippen LogP contribution in [0.1, 0.15) is 41.6 Å². The van der Waals surface area contributed by atoms with E-state index in [4.69, 9.17) is 14.2 Å². The number of esters is 1. The lowest BCUT2D eigenvalue weighted by atomic mass is 9.78. The van der Waals surface area contributed by atoms with E-state index in [1.807, 2.05) is 18.2 Å². The van der Waals surface area contributed by atoms with Crippen molar-refractivity contribution in [2.75, 3.05) is 39.2 Å². The molecular formula is C25H28N2O6. The van der Waals surface area contributed by atoms with E-state index in [9.17, 15) is 14.4 Å². The van der Waals surface area contributed by atoms with E-state index in [0.29, 0.717) is 48.8 Å². The van der Waals surface area contributed by atoms with Crippen LogP contribution in [0.2, 0.25) is 0 Å². The Bertz CT molecular complexity index is 1040. The Morgan fingerprint density at radius 3 is 2.30 bits per heavy atom. The Morgan fingerprint density at radius 2 is 1.64 bits per heavy atom. The predicted octanol–water partition coefficient (Wildman–Crippen LogP) is 3.15. The van der Waals surface area contributed by atoms with Crippen LogP contribution in [0.5, 0.6) is 11.5 Å². The van der Waals surface area contributed by atoms with Gasteiger partial charge in [0.1, 0.15) is 13.2 Å². The first-order valence-corrected chi connectivity index (χ1v) is 11.1. The van der Waals surface area contributed by atoms with Crippen LogP contribution >= 0.6 is 0 Å². The molecule has 1 fully saturated rings. The standard InChI is InChI=1S/C25H28N2O6/c1-27(2)23(29)17-5-8-19(9-6-17)26-22(28)16-33-24(30)25(11-3-4-12-25)18-7-10-20-21(15-18)32-14-13-31-20/h5-10,15H,3-4,11-14,16H2,1-2H3,(H,26,28). The highest BCUT2D eigenvalue weighted by molar-refractivity contribution is 5.96. The van der Waals surface area contributed by atoms with Crippen LogP contribution < -0.4 is 14.8 Å². The number of nitrogens with zero attached hydrogens (tertiary/aromatic N) is 1. The van der Waals surface area contributed by atoms with E-state index in [-0.39, 0.29) is 12.5 Å². The van der Waals surface area contributed by atoms with Gasteiger partial charge in [0.15, 0.2) is 18.1 Å². The van der Waals surface area contributed by atoms with E-state index in [1.165, 1.54) is 4.90 Å². The molecule has 0 radical (unpaired) electrons. The zero-order valence-electron chi connectivity index (χ0n) is 18.9. The molecule has 0 unspecified atom stereocenters. The minimum Gasteiger partial charge on any atom is -0.486 e. The molecular weight excluding hydrogens is 424 g/mol. The minimum atomic E-state index is -0.787. The Balaban J connectivity index is 1.39. The third-order valence-electron chi connectivity index (χ3n) is 6.10. The summed E-state index contributed by atoms with van der Waals surface area (Å²) in [6, 6.07) is 12.1. The van der Waals surface area contributed by atoms with E-state index in [0.717, 1.165) is 18.4 Å². The number of carbonyl (C=O) groups is 3. The van der Waals surface area contributed by atoms with E-state index in [2.05, 4.69) is 5.32 Å². The molecule has 4 rings (SSSR count). The summed E-state index contributed by atoms with van der Waals surface area (Å²) in [5.41, 5.74) is 1.08. The second-order valence-corrected chi connectivity index (χ2v) is 8.55. The second kappa shape index (κ2) is 9.52. The second-order valence-electron chi connectivity index (χ2n) is 8.55. The van der Waals surface area contributed by atoms with Crippen LogP contribution in [0.25, 0.3) is 0 Å². The van der Waals surface area contributed by atoms with Gasteiger partial charge in [-0.05, 0) is 54.8 Å². The summed E-state index contributed by atoms with van der Waals surface area (Å²) in [6.45, 7) is 0.588. The van der Waals surface area contributed by atoms with Crippen LogP contribution in [-0.4, -0.2) is 56.6 Å². The maximum atomic E-state index is 13.2. The van der Waals surface area contributed by atoms with Crippen molar-refractivity contribution in [3.63, 3.8) is 0 Å². The number of nitrogens with one attached hydrogen (secondary N) is 1. The van der Waals surface area contributed by atoms with Gasteiger partial charge in [0, 0.05) is 25.3 Å². The van der Waals surface area contributed by atoms with Gasteiger partial charge < -0.3 is 24.4 Å². The third-order valence-corrected chi connectivity index (χ3v) is 6.10. The van der Waals surface area contributed by atoms with Gasteiger partial charge in [0.2, 0.25) is 0 Å². The Labute approximate surface area is 192 Å². The molecule has 8 heteroatoms. The number of hydrogen-bond acceptors (Lipinski definition) is 6. The number of fused-ring (bicyclic) bond motifs is 1. The molecule has 33 heavy (non-hydrogen) atoms. The van der Waals surface area contributed by atoms with Crippen LogP contribution in [0.15, 0.2) is 42.5 Å². The van der Waals surface area contributed by atoms with Gasteiger partial charge in [-0.3, -0.25) is 14.4 Å². The lowest BCUT2D eigenvalue weighted by molar-refractivity contribution is -0.153. The molecule has 2 amide bonds. The monoisotopic (exact) mass is 452 g/mol. The predicted molar refractivity (Wildman–Crippen MR) is 122 cm³/mol. The van der Waals surface area contributed by atoms with Crippen LogP contribution in [-0.2, 0) is 19.7 Å². The van der Waals surface area contributed by atoms with Crippen molar-refractivity contribution in [1.29, 1.82) is 0 Å². The van der Waals surface area contributed by atoms with Crippen molar-refractivity contribution in [3.05, 3.63) is 53.6 Å². The SMILES string of the molecule is CN(C)C(=O)c1ccc(NC(=O)COC(=O)C2(c3ccc4c(c3)OCCO4)CCCC2)cc1. The Hall–Kier alpha value is -3.55. The molecule has 2 aromatic carbocycles. The van der Waals surface area contributed by atoms with Gasteiger partial charge in [-0.25, -0.2) is 0 Å². The average Bonchev–Trinajstić information content (AvgIpc) is 3.33. The van der Waals surface area contributed by atoms with Gasteiger partial charge in [0.25, 0.3) is 11.8 Å². The summed E-state index contributed by atoms with van der Waals surface area (Å²) in [6.07, 6.45) is 3.14. The largest absolute Gasteiger partial charge is 0.486 e. The summed E-state index contributed by atoms with van der Waals surface area (Å²) in [5.74, 6) is 0.336. The highest BCUT2D eigenvalue weighted by atomic mass is 16.6. The topological polar surface area (TPSA) is 94.2 Å². The Kier molecular flexibility index (Phi) is 6.53. The first kappa shape index (κ1) is 22.6. The summed E-state index contributed by atoms with van der Waals surface area (Å²) >= 11 is 0. The van der Waals surface area contributed by atoms with E-state index < -0.39 is 17.3 Å². The number of amides is 2. The first-order chi connectivity index (χ1) is 15.9. The maximum absolute atomic E-state index is 13.2. The number of benzene rings is 2. The van der Waals surface area contributed by atoms with Crippen molar-refractivity contribution in [2.24, 2.45) is 0 Å². The van der Waals surface area contributed by atoms with Gasteiger partial charge in [-0.15, -0.1) is 0 Å². The highest BCUT2D eigenvalue weighted by Gasteiger charge is 2.45. The fourth-order valence-electron chi connectivity index (χ4n) is 4.35. The van der Waals surface area contributed by atoms with Gasteiger partial charge in [-0.2, -0.15) is 0 Å². The molecule has 1 saturated carbocycles. The van der Waals surface area contributed by atoms with Crippen molar-refractivity contribution < 1.29 is 28.6 Å². The maximum Gasteiger partial charge on any atom is 0.317 e. The summed E-state index contributed by atoms with van der Waals surface area (Å²) in [4.78, 5) is 39.0. The molecule has 8 nitrogen and oxygen atoms in total. The molecule has 2 aromatic rings. The molecule has 1 N–H and O–H groups in total. The van der Waals surface area contributed by atoms with Crippen LogP contribution in [0.4, 0.5) is 5.69 Å². The zero-order valence-corrected chi connectivity index (χ0v) is 18.9. The highest BCUT2D eigenvalue weighted by Crippen LogP contribution is 2.45. The van der Waals surface area contributed by atoms with Crippen LogP contribution in [0, 0.1) is 0 Å². The fourth-order valence-corrected chi connectivity index (χ4v) is 4.35. The third kappa shape index (κ3) is 4.79. The van der Waals surface area contributed by atoms with Gasteiger partial charge in [0.05, 0.1) is 5.41 Å². The molecule has 2 aliphatic rings. The van der Waals surface area contributed by atoms with E-state index in [1.54, 1.807) is 38.4 Å². The lowest BCUT2D eigenvalue weighted by Gasteiger charge is -2.28. The molecule has 1 heterocycles. The number of anilines is 1. The average molecular weight is 453 g/mol. The zero-order chi connectivity index (χ0) is 23.4. The number of ether oxygens (including phenoxy) is 3. The van der Waals surface area contributed by atoms with Crippen LogP contribution in [0.3, 0.4) is 0 Å². The fraction of sp³-hybridized carbons (Fsp3) is 0.400. The summed E-state index contributed by atoms with van der Waals surface area (Å²) < 4.78 is 16.7. The van der Waals surface area contributed by atoms with Crippen molar-refractivity contribution in [3.8, 4) is 11.5 Å². The number of carbonyl (C=O) groups excluding carboxylic acids is 3. The minimum absolute atomic E-state index is 0.122. The number of rotatable bonds is 6. The van der Waals surface area contributed by atoms with Crippen molar-refractivity contribution in [2.45, 2.75) is 31.1 Å². The molecule has 1 aliphatic carbocycles. The first-order valence-electron chi connectivity index (χ1n) is 11.1. The van der Waals surface area contributed by atoms with E-state index >= 15 is 0 Å². The van der Waals surface area contributed by atoms with Crippen molar-refractivity contribution >= 4 is 23.5 Å². The smallest absolute Gasteiger partial charge is 0.317 e.